The van der Waals surface area contributed by atoms with Crippen LogP contribution in [0.25, 0.3) is 0 Å². The SMILES string of the molecule is CCN(CC)CCCN(CCC(=O)OC)C(=O)c1ccc(C(C)(C)C)cc1. The Kier molecular flexibility index (Phi) is 9.50. The van der Waals surface area contributed by atoms with E-state index >= 15 is 0 Å². The predicted octanol–water partition coefficient (Wildman–Crippen LogP) is 3.72. The van der Waals surface area contributed by atoms with Crippen molar-refractivity contribution < 1.29 is 14.3 Å². The molecule has 5 heteroatoms. The van der Waals surface area contributed by atoms with E-state index in [1.807, 2.05) is 24.3 Å². The molecule has 0 saturated heterocycles. The normalized spacial score (nSPS) is 11.5. The minimum atomic E-state index is -0.292. The Labute approximate surface area is 164 Å². The van der Waals surface area contributed by atoms with E-state index < -0.39 is 0 Å². The van der Waals surface area contributed by atoms with Gasteiger partial charge in [-0.1, -0.05) is 46.8 Å². The topological polar surface area (TPSA) is 49.9 Å². The van der Waals surface area contributed by atoms with Gasteiger partial charge in [0.25, 0.3) is 5.91 Å². The Morgan fingerprint density at radius 3 is 2.04 bits per heavy atom. The first-order valence-electron chi connectivity index (χ1n) is 9.91. The van der Waals surface area contributed by atoms with Crippen LogP contribution in [0.4, 0.5) is 0 Å². The summed E-state index contributed by atoms with van der Waals surface area (Å²) in [5.74, 6) is -0.321. The maximum Gasteiger partial charge on any atom is 0.307 e. The Morgan fingerprint density at radius 2 is 1.56 bits per heavy atom. The van der Waals surface area contributed by atoms with Gasteiger partial charge in [-0.3, -0.25) is 9.59 Å². The maximum atomic E-state index is 13.0. The Morgan fingerprint density at radius 1 is 0.963 bits per heavy atom. The van der Waals surface area contributed by atoms with Crippen molar-refractivity contribution in [1.82, 2.24) is 9.80 Å². The molecule has 0 heterocycles. The van der Waals surface area contributed by atoms with Crippen LogP contribution in [0.2, 0.25) is 0 Å². The summed E-state index contributed by atoms with van der Waals surface area (Å²) in [6.07, 6.45) is 1.10. The molecule has 1 aromatic rings. The van der Waals surface area contributed by atoms with Gasteiger partial charge in [-0.2, -0.15) is 0 Å². The lowest BCUT2D eigenvalue weighted by molar-refractivity contribution is -0.140. The van der Waals surface area contributed by atoms with Crippen molar-refractivity contribution in [2.45, 2.75) is 52.9 Å². The lowest BCUT2D eigenvalue weighted by Gasteiger charge is -2.25. The number of nitrogens with zero attached hydrogens (tertiary/aromatic N) is 2. The van der Waals surface area contributed by atoms with Crippen LogP contribution in [0.15, 0.2) is 24.3 Å². The molecule has 0 fully saturated rings. The zero-order chi connectivity index (χ0) is 20.4. The van der Waals surface area contributed by atoms with Crippen LogP contribution in [0, 0.1) is 0 Å². The smallest absolute Gasteiger partial charge is 0.307 e. The van der Waals surface area contributed by atoms with Crippen LogP contribution in [-0.4, -0.2) is 61.5 Å². The van der Waals surface area contributed by atoms with Crippen molar-refractivity contribution in [3.63, 3.8) is 0 Å². The third-order valence-corrected chi connectivity index (χ3v) is 4.90. The molecule has 0 unspecified atom stereocenters. The highest BCUT2D eigenvalue weighted by Gasteiger charge is 2.19. The van der Waals surface area contributed by atoms with Gasteiger partial charge in [0, 0.05) is 18.7 Å². The molecule has 0 aliphatic rings. The van der Waals surface area contributed by atoms with Crippen LogP contribution in [0.5, 0.6) is 0 Å². The molecule has 1 aromatic carbocycles. The monoisotopic (exact) mass is 376 g/mol. The van der Waals surface area contributed by atoms with Gasteiger partial charge < -0.3 is 14.5 Å². The number of hydrogen-bond acceptors (Lipinski definition) is 4. The average molecular weight is 377 g/mol. The fourth-order valence-electron chi connectivity index (χ4n) is 2.96. The fourth-order valence-corrected chi connectivity index (χ4v) is 2.96. The molecule has 27 heavy (non-hydrogen) atoms. The van der Waals surface area contributed by atoms with E-state index in [9.17, 15) is 9.59 Å². The molecule has 0 aromatic heterocycles. The molecule has 0 saturated carbocycles. The second kappa shape index (κ2) is 11.1. The van der Waals surface area contributed by atoms with Crippen LogP contribution >= 0.6 is 0 Å². The summed E-state index contributed by atoms with van der Waals surface area (Å²) in [6, 6.07) is 7.81. The van der Waals surface area contributed by atoms with Gasteiger partial charge in [0.15, 0.2) is 0 Å². The second-order valence-corrected chi connectivity index (χ2v) is 7.83. The summed E-state index contributed by atoms with van der Waals surface area (Å²) in [7, 11) is 1.38. The lowest BCUT2D eigenvalue weighted by atomic mass is 9.86. The molecule has 1 rings (SSSR count). The van der Waals surface area contributed by atoms with E-state index in [2.05, 4.69) is 39.5 Å². The van der Waals surface area contributed by atoms with E-state index in [1.165, 1.54) is 12.7 Å². The molecule has 0 aliphatic carbocycles. The quantitative estimate of drug-likeness (QED) is 0.584. The van der Waals surface area contributed by atoms with Gasteiger partial charge in [0.2, 0.25) is 0 Å². The van der Waals surface area contributed by atoms with Gasteiger partial charge >= 0.3 is 5.97 Å². The van der Waals surface area contributed by atoms with Crippen molar-refractivity contribution in [3.8, 4) is 0 Å². The molecule has 0 N–H and O–H groups in total. The summed E-state index contributed by atoms with van der Waals surface area (Å²) in [5, 5.41) is 0. The molecule has 0 spiro atoms. The summed E-state index contributed by atoms with van der Waals surface area (Å²) in [4.78, 5) is 28.6. The molecule has 0 atom stereocenters. The van der Waals surface area contributed by atoms with Crippen molar-refractivity contribution in [2.75, 3.05) is 39.8 Å². The molecule has 0 bridgehead atoms. The first-order valence-corrected chi connectivity index (χ1v) is 9.91. The Hall–Kier alpha value is -1.88. The summed E-state index contributed by atoms with van der Waals surface area (Å²) >= 11 is 0. The summed E-state index contributed by atoms with van der Waals surface area (Å²) in [5.41, 5.74) is 1.91. The van der Waals surface area contributed by atoms with Crippen molar-refractivity contribution in [2.24, 2.45) is 0 Å². The van der Waals surface area contributed by atoms with E-state index in [1.54, 1.807) is 4.90 Å². The number of methoxy groups -OCH3 is 1. The van der Waals surface area contributed by atoms with E-state index in [0.717, 1.165) is 26.1 Å². The number of ether oxygens (including phenoxy) is 1. The largest absolute Gasteiger partial charge is 0.469 e. The van der Waals surface area contributed by atoms with Gasteiger partial charge in [-0.15, -0.1) is 0 Å². The highest BCUT2D eigenvalue weighted by atomic mass is 16.5. The summed E-state index contributed by atoms with van der Waals surface area (Å²) < 4.78 is 4.73. The van der Waals surface area contributed by atoms with Crippen molar-refractivity contribution in [3.05, 3.63) is 35.4 Å². The summed E-state index contributed by atoms with van der Waals surface area (Å²) in [6.45, 7) is 14.7. The zero-order valence-corrected chi connectivity index (χ0v) is 17.9. The van der Waals surface area contributed by atoms with Crippen LogP contribution in [-0.2, 0) is 14.9 Å². The lowest BCUT2D eigenvalue weighted by Crippen LogP contribution is -2.36. The number of hydrogen-bond donors (Lipinski definition) is 0. The fraction of sp³-hybridized carbons (Fsp3) is 0.636. The van der Waals surface area contributed by atoms with Crippen molar-refractivity contribution in [1.29, 1.82) is 0 Å². The van der Waals surface area contributed by atoms with E-state index in [4.69, 9.17) is 4.74 Å². The third kappa shape index (κ3) is 7.71. The molecule has 5 nitrogen and oxygen atoms in total. The van der Waals surface area contributed by atoms with Gasteiger partial charge in [-0.05, 0) is 49.2 Å². The van der Waals surface area contributed by atoms with Crippen LogP contribution in [0.1, 0.15) is 63.4 Å². The highest BCUT2D eigenvalue weighted by molar-refractivity contribution is 5.94. The highest BCUT2D eigenvalue weighted by Crippen LogP contribution is 2.22. The van der Waals surface area contributed by atoms with Crippen LogP contribution in [0.3, 0.4) is 0 Å². The third-order valence-electron chi connectivity index (χ3n) is 4.90. The molecule has 152 valence electrons. The number of rotatable bonds is 10. The van der Waals surface area contributed by atoms with E-state index in [-0.39, 0.29) is 23.7 Å². The molecule has 0 aliphatic heterocycles. The number of esters is 1. The number of benzene rings is 1. The first kappa shape index (κ1) is 23.2. The molecular weight excluding hydrogens is 340 g/mol. The average Bonchev–Trinajstić information content (AvgIpc) is 2.66. The second-order valence-electron chi connectivity index (χ2n) is 7.83. The van der Waals surface area contributed by atoms with E-state index in [0.29, 0.717) is 18.7 Å². The Balaban J connectivity index is 2.82. The molecule has 0 radical (unpaired) electrons. The first-order chi connectivity index (χ1) is 12.7. The number of carbonyl (C=O) groups is 2. The number of amides is 1. The number of carbonyl (C=O) groups excluding carboxylic acids is 2. The minimum Gasteiger partial charge on any atom is -0.469 e. The predicted molar refractivity (Wildman–Crippen MR) is 110 cm³/mol. The molecule has 1 amide bonds. The van der Waals surface area contributed by atoms with Gasteiger partial charge in [0.1, 0.15) is 0 Å². The van der Waals surface area contributed by atoms with Gasteiger partial charge in [-0.25, -0.2) is 0 Å². The Bertz CT molecular complexity index is 587. The molecular formula is C22H36N2O3. The van der Waals surface area contributed by atoms with Crippen LogP contribution < -0.4 is 0 Å². The standard InChI is InChI=1S/C22H36N2O3/c1-7-23(8-2)15-9-16-24(17-14-20(25)27-6)21(26)18-10-12-19(13-11-18)22(3,4)5/h10-13H,7-9,14-17H2,1-6H3. The van der Waals surface area contributed by atoms with Crippen molar-refractivity contribution >= 4 is 11.9 Å². The maximum absolute atomic E-state index is 13.0. The zero-order valence-electron chi connectivity index (χ0n) is 17.9. The minimum absolute atomic E-state index is 0.0288. The van der Waals surface area contributed by atoms with Gasteiger partial charge in [0.05, 0.1) is 13.5 Å².